The number of ether oxygens (including phenoxy) is 1. The number of anilines is 1. The van der Waals surface area contributed by atoms with Crippen LogP contribution in [0, 0.1) is 0 Å². The van der Waals surface area contributed by atoms with Gasteiger partial charge in [-0.15, -0.1) is 5.10 Å². The molecule has 2 amide bonds. The van der Waals surface area contributed by atoms with Gasteiger partial charge in [-0.3, -0.25) is 10.2 Å². The molecule has 2 aliphatic rings. The number of carbonyl (C=O) groups is 1. The summed E-state index contributed by atoms with van der Waals surface area (Å²) in [6.07, 6.45) is 4.25. The van der Waals surface area contributed by atoms with Gasteiger partial charge < -0.3 is 10.1 Å². The lowest BCUT2D eigenvalue weighted by atomic mass is 9.74. The maximum Gasteiger partial charge on any atom is 0.322 e. The first-order chi connectivity index (χ1) is 14.0. The van der Waals surface area contributed by atoms with E-state index in [9.17, 15) is 4.79 Å². The smallest absolute Gasteiger partial charge is 0.322 e. The van der Waals surface area contributed by atoms with Crippen molar-refractivity contribution in [3.05, 3.63) is 29.3 Å². The summed E-state index contributed by atoms with van der Waals surface area (Å²) in [5, 5.41) is 18.3. The van der Waals surface area contributed by atoms with Crippen molar-refractivity contribution in [1.82, 2.24) is 30.4 Å². The van der Waals surface area contributed by atoms with Gasteiger partial charge in [-0.25, -0.2) is 4.79 Å². The third-order valence-electron chi connectivity index (χ3n) is 5.60. The van der Waals surface area contributed by atoms with E-state index in [1.54, 1.807) is 0 Å². The van der Waals surface area contributed by atoms with Crippen LogP contribution in [0.4, 0.5) is 10.7 Å². The van der Waals surface area contributed by atoms with Crippen LogP contribution < -0.4 is 15.4 Å². The van der Waals surface area contributed by atoms with E-state index in [2.05, 4.69) is 30.9 Å². The first kappa shape index (κ1) is 19.9. The van der Waals surface area contributed by atoms with E-state index in [0.717, 1.165) is 51.1 Å². The molecule has 0 spiro atoms. The molecule has 4 rings (SSSR count). The van der Waals surface area contributed by atoms with Crippen LogP contribution in [0.15, 0.2) is 24.3 Å². The number of hydrogen-bond acceptors (Lipinski definition) is 6. The highest BCUT2D eigenvalue weighted by molar-refractivity contribution is 6.30. The van der Waals surface area contributed by atoms with Gasteiger partial charge in [0.25, 0.3) is 5.95 Å². The van der Waals surface area contributed by atoms with E-state index in [-0.39, 0.29) is 23.6 Å². The number of aromatic nitrogens is 4. The third kappa shape index (κ3) is 4.97. The van der Waals surface area contributed by atoms with Crippen LogP contribution in [-0.4, -0.2) is 62.4 Å². The predicted octanol–water partition coefficient (Wildman–Crippen LogP) is 2.54. The van der Waals surface area contributed by atoms with Gasteiger partial charge in [-0.1, -0.05) is 16.7 Å². The highest BCUT2D eigenvalue weighted by Gasteiger charge is 2.40. The number of nitrogens with zero attached hydrogens (tertiary/aromatic N) is 5. The molecule has 2 aromatic rings. The molecule has 0 unspecified atom stereocenters. The Balaban J connectivity index is 1.19. The molecule has 29 heavy (non-hydrogen) atoms. The molecule has 1 saturated carbocycles. The van der Waals surface area contributed by atoms with Crippen LogP contribution in [0.25, 0.3) is 0 Å². The molecule has 10 heteroatoms. The summed E-state index contributed by atoms with van der Waals surface area (Å²) in [5.41, 5.74) is -0.146. The number of rotatable bonds is 8. The monoisotopic (exact) mass is 419 g/mol. The van der Waals surface area contributed by atoms with Gasteiger partial charge in [-0.2, -0.15) is 4.80 Å². The van der Waals surface area contributed by atoms with Crippen LogP contribution >= 0.6 is 11.6 Å². The zero-order valence-corrected chi connectivity index (χ0v) is 17.2. The van der Waals surface area contributed by atoms with Gasteiger partial charge in [0.1, 0.15) is 11.9 Å². The zero-order chi connectivity index (χ0) is 20.3. The van der Waals surface area contributed by atoms with Gasteiger partial charge in [0.15, 0.2) is 0 Å². The van der Waals surface area contributed by atoms with E-state index in [4.69, 9.17) is 16.3 Å². The van der Waals surface area contributed by atoms with E-state index < -0.39 is 0 Å². The van der Waals surface area contributed by atoms with E-state index in [0.29, 0.717) is 11.6 Å². The van der Waals surface area contributed by atoms with Crippen molar-refractivity contribution in [2.24, 2.45) is 0 Å². The molecule has 0 bridgehead atoms. The van der Waals surface area contributed by atoms with E-state index in [1.165, 1.54) is 4.80 Å². The van der Waals surface area contributed by atoms with Gasteiger partial charge in [0.2, 0.25) is 0 Å². The maximum absolute atomic E-state index is 12.3. The minimum atomic E-state index is -0.270. The Morgan fingerprint density at radius 2 is 2.07 bits per heavy atom. The molecule has 156 valence electrons. The first-order valence-electron chi connectivity index (χ1n) is 10.1. The number of benzene rings is 1. The Hall–Kier alpha value is -2.39. The van der Waals surface area contributed by atoms with Crippen molar-refractivity contribution in [2.45, 2.75) is 50.8 Å². The second kappa shape index (κ2) is 8.54. The van der Waals surface area contributed by atoms with Crippen molar-refractivity contribution in [3.8, 4) is 5.75 Å². The average Bonchev–Trinajstić information content (AvgIpc) is 3.10. The minimum Gasteiger partial charge on any atom is -0.488 e. The number of aryl methyl sites for hydroxylation is 1. The highest BCUT2D eigenvalue weighted by atomic mass is 35.5. The molecule has 0 radical (unpaired) electrons. The third-order valence-corrected chi connectivity index (χ3v) is 5.85. The normalized spacial score (nSPS) is 18.6. The molecule has 1 aliphatic heterocycles. The second-order valence-corrected chi connectivity index (χ2v) is 8.15. The summed E-state index contributed by atoms with van der Waals surface area (Å²) < 4.78 is 5.95. The Morgan fingerprint density at radius 1 is 1.31 bits per heavy atom. The van der Waals surface area contributed by atoms with Gasteiger partial charge >= 0.3 is 6.03 Å². The minimum absolute atomic E-state index is 0.146. The van der Waals surface area contributed by atoms with Crippen LogP contribution in [0.1, 0.15) is 32.6 Å². The molecule has 1 aromatic carbocycles. The van der Waals surface area contributed by atoms with E-state index in [1.807, 2.05) is 31.2 Å². The fourth-order valence-corrected chi connectivity index (χ4v) is 3.83. The Morgan fingerprint density at radius 3 is 2.69 bits per heavy atom. The number of tetrazole rings is 1. The topological polar surface area (TPSA) is 97.2 Å². The molecule has 1 saturated heterocycles. The molecule has 2 fully saturated rings. The molecule has 1 aromatic heterocycles. The fraction of sp³-hybridized carbons (Fsp3) is 0.579. The molecular formula is C19H26ClN7O2. The van der Waals surface area contributed by atoms with Gasteiger partial charge in [0, 0.05) is 30.2 Å². The second-order valence-electron chi connectivity index (χ2n) is 7.72. The Labute approximate surface area is 174 Å². The van der Waals surface area contributed by atoms with Crippen molar-refractivity contribution < 1.29 is 9.53 Å². The van der Waals surface area contributed by atoms with Gasteiger partial charge in [0.05, 0.1) is 6.54 Å². The van der Waals surface area contributed by atoms with E-state index >= 15 is 0 Å². The lowest BCUT2D eigenvalue weighted by Crippen LogP contribution is -2.59. The number of amides is 2. The predicted molar refractivity (Wildman–Crippen MR) is 109 cm³/mol. The summed E-state index contributed by atoms with van der Waals surface area (Å²) in [7, 11) is 0. The number of carbonyl (C=O) groups excluding carboxylic acids is 1. The van der Waals surface area contributed by atoms with Gasteiger partial charge in [-0.05, 0) is 62.1 Å². The van der Waals surface area contributed by atoms with Crippen LogP contribution in [-0.2, 0) is 6.54 Å². The molecule has 2 heterocycles. The molecule has 9 nitrogen and oxygen atoms in total. The van der Waals surface area contributed by atoms with Crippen LogP contribution in [0.2, 0.25) is 5.02 Å². The molecular weight excluding hydrogens is 394 g/mol. The lowest BCUT2D eigenvalue weighted by Gasteiger charge is -2.46. The maximum atomic E-state index is 12.3. The summed E-state index contributed by atoms with van der Waals surface area (Å²) in [5.74, 6) is 1.07. The van der Waals surface area contributed by atoms with Crippen LogP contribution in [0.5, 0.6) is 5.75 Å². The first-order valence-corrected chi connectivity index (χ1v) is 10.4. The number of likely N-dealkylation sites (tertiary alicyclic amines) is 1. The Kier molecular flexibility index (Phi) is 5.86. The summed E-state index contributed by atoms with van der Waals surface area (Å²) in [6, 6.07) is 7.19. The van der Waals surface area contributed by atoms with Crippen molar-refractivity contribution in [2.75, 3.05) is 25.0 Å². The Bertz CT molecular complexity index is 831. The molecule has 1 aliphatic carbocycles. The van der Waals surface area contributed by atoms with Crippen LogP contribution in [0.3, 0.4) is 0 Å². The average molecular weight is 420 g/mol. The molecule has 2 N–H and O–H groups in total. The largest absolute Gasteiger partial charge is 0.488 e. The molecule has 0 atom stereocenters. The SMILES string of the molecule is CCn1nnc(NC(=O)NC2(CCN3CC(Oc4ccc(Cl)cc4)C3)CCC2)n1. The zero-order valence-electron chi connectivity index (χ0n) is 16.5. The summed E-state index contributed by atoms with van der Waals surface area (Å²) in [4.78, 5) is 16.1. The standard InChI is InChI=1S/C19H26ClN7O2/c1-2-27-24-17(23-25-27)21-18(28)22-19(8-3-9-19)10-11-26-12-16(13-26)29-15-6-4-14(20)5-7-15/h4-7,16H,2-3,8-13H2,1H3,(H2,21,22,24,28). The number of hydrogen-bond donors (Lipinski definition) is 2. The summed E-state index contributed by atoms with van der Waals surface area (Å²) in [6.45, 7) is 5.25. The van der Waals surface area contributed by atoms with Crippen molar-refractivity contribution in [1.29, 1.82) is 0 Å². The fourth-order valence-electron chi connectivity index (χ4n) is 3.70. The van der Waals surface area contributed by atoms with Crippen molar-refractivity contribution >= 4 is 23.6 Å². The highest BCUT2D eigenvalue weighted by Crippen LogP contribution is 2.35. The number of halogens is 1. The lowest BCUT2D eigenvalue weighted by molar-refractivity contribution is 0.0101. The quantitative estimate of drug-likeness (QED) is 0.682. The van der Waals surface area contributed by atoms with Crippen molar-refractivity contribution in [3.63, 3.8) is 0 Å². The number of urea groups is 1. The number of nitrogens with one attached hydrogen (secondary N) is 2. The summed E-state index contributed by atoms with van der Waals surface area (Å²) >= 11 is 5.90.